The third kappa shape index (κ3) is 5.16. The maximum atomic E-state index is 13.4. The van der Waals surface area contributed by atoms with Crippen LogP contribution in [0.1, 0.15) is 53.6 Å². The smallest absolute Gasteiger partial charge is 0.243 e. The van der Waals surface area contributed by atoms with E-state index in [0.717, 1.165) is 55.8 Å². The van der Waals surface area contributed by atoms with E-state index in [2.05, 4.69) is 11.0 Å². The van der Waals surface area contributed by atoms with Gasteiger partial charge in [0.15, 0.2) is 11.5 Å². The fourth-order valence-electron chi connectivity index (χ4n) is 5.56. The number of halogens is 2. The number of hydrogen-bond donors (Lipinski definition) is 0. The van der Waals surface area contributed by atoms with Crippen molar-refractivity contribution in [2.24, 2.45) is 0 Å². The van der Waals surface area contributed by atoms with Crippen molar-refractivity contribution < 1.29 is 17.9 Å². The van der Waals surface area contributed by atoms with Gasteiger partial charge in [-0.1, -0.05) is 18.5 Å². The van der Waals surface area contributed by atoms with E-state index in [0.29, 0.717) is 34.6 Å². The first-order valence-corrected chi connectivity index (χ1v) is 13.8. The summed E-state index contributed by atoms with van der Waals surface area (Å²) in [6.45, 7) is 8.31. The highest BCUT2D eigenvalue weighted by molar-refractivity contribution is 7.89. The lowest BCUT2D eigenvalue weighted by Gasteiger charge is -2.36. The Labute approximate surface area is 221 Å². The Morgan fingerprint density at radius 2 is 1.86 bits per heavy atom. The van der Waals surface area contributed by atoms with Gasteiger partial charge in [0, 0.05) is 42.8 Å². The van der Waals surface area contributed by atoms with Crippen LogP contribution >= 0.6 is 24.0 Å². The Morgan fingerprint density at radius 1 is 1.11 bits per heavy atom. The lowest BCUT2D eigenvalue weighted by atomic mass is 9.92. The van der Waals surface area contributed by atoms with Crippen LogP contribution in [0, 0.1) is 13.8 Å². The minimum Gasteiger partial charge on any atom is -0.493 e. The molecule has 6 nitrogen and oxygen atoms in total. The summed E-state index contributed by atoms with van der Waals surface area (Å²) in [5.41, 5.74) is 5.49. The van der Waals surface area contributed by atoms with Crippen molar-refractivity contribution in [3.63, 3.8) is 0 Å². The van der Waals surface area contributed by atoms with Crippen LogP contribution < -0.4 is 9.47 Å². The maximum absolute atomic E-state index is 13.4. The molecule has 1 aliphatic carbocycles. The largest absolute Gasteiger partial charge is 0.493 e. The molecule has 0 radical (unpaired) electrons. The summed E-state index contributed by atoms with van der Waals surface area (Å²) in [4.78, 5) is 2.87. The van der Waals surface area contributed by atoms with Crippen LogP contribution in [-0.4, -0.2) is 58.0 Å². The highest BCUT2D eigenvalue weighted by Gasteiger charge is 2.37. The number of rotatable bonds is 9. The van der Waals surface area contributed by atoms with Gasteiger partial charge in [0.25, 0.3) is 0 Å². The van der Waals surface area contributed by atoms with E-state index in [1.54, 1.807) is 37.6 Å². The van der Waals surface area contributed by atoms with Crippen molar-refractivity contribution in [2.75, 3.05) is 40.4 Å². The molecule has 4 rings (SSSR count). The lowest BCUT2D eigenvalue weighted by molar-refractivity contribution is 0.179. The average Bonchev–Trinajstić information content (AvgIpc) is 3.26. The molecule has 0 saturated carbocycles. The Morgan fingerprint density at radius 3 is 2.51 bits per heavy atom. The van der Waals surface area contributed by atoms with Gasteiger partial charge in [-0.05, 0) is 80.0 Å². The third-order valence-corrected chi connectivity index (χ3v) is 9.81. The molecule has 1 aliphatic heterocycles. The summed E-state index contributed by atoms with van der Waals surface area (Å²) < 4.78 is 39.7. The topological polar surface area (TPSA) is 59.1 Å². The van der Waals surface area contributed by atoms with E-state index in [9.17, 15) is 8.42 Å². The summed E-state index contributed by atoms with van der Waals surface area (Å²) >= 11 is 6.19. The second-order valence-electron chi connectivity index (χ2n) is 9.22. The molecule has 0 bridgehead atoms. The summed E-state index contributed by atoms with van der Waals surface area (Å²) in [5, 5.41) is 0.593. The van der Waals surface area contributed by atoms with Crippen LogP contribution in [0.4, 0.5) is 0 Å². The standard InChI is InChI=1S/C26H35ClN2O4S.ClH/c1-6-29(34(30,31)24-15-17(2)21(27)14-18(24)3)12-7-11-28-13-10-19-16-23(32-4)26(33-5)20-8-9-22(28)25(19)20;/h14-16,22H,6-13H2,1-5H3;1H. The molecule has 0 aromatic heterocycles. The zero-order chi connectivity index (χ0) is 24.6. The van der Waals surface area contributed by atoms with Crippen molar-refractivity contribution in [1.82, 2.24) is 9.21 Å². The molecule has 0 N–H and O–H groups in total. The molecular formula is C26H36Cl2N2O4S. The minimum absolute atomic E-state index is 0. The Balaban J connectivity index is 0.00000342. The molecule has 1 unspecified atom stereocenters. The fourth-order valence-corrected chi connectivity index (χ4v) is 7.56. The summed E-state index contributed by atoms with van der Waals surface area (Å²) in [6, 6.07) is 5.93. The van der Waals surface area contributed by atoms with Crippen molar-refractivity contribution >= 4 is 34.0 Å². The van der Waals surface area contributed by atoms with Crippen LogP contribution in [0.2, 0.25) is 5.02 Å². The quantitative estimate of drug-likeness (QED) is 0.427. The van der Waals surface area contributed by atoms with Crippen LogP contribution in [0.3, 0.4) is 0 Å². The lowest BCUT2D eigenvalue weighted by Crippen LogP contribution is -2.38. The van der Waals surface area contributed by atoms with Gasteiger partial charge in [-0.25, -0.2) is 8.42 Å². The molecule has 9 heteroatoms. The summed E-state index contributed by atoms with van der Waals surface area (Å²) in [5.74, 6) is 1.68. The summed E-state index contributed by atoms with van der Waals surface area (Å²) in [6.07, 6.45) is 3.80. The molecular weight excluding hydrogens is 507 g/mol. The van der Waals surface area contributed by atoms with Gasteiger partial charge in [0.1, 0.15) is 0 Å². The summed E-state index contributed by atoms with van der Waals surface area (Å²) in [7, 11) is -0.172. The number of benzene rings is 2. The van der Waals surface area contributed by atoms with E-state index in [4.69, 9.17) is 21.1 Å². The zero-order valence-corrected chi connectivity index (χ0v) is 23.6. The first-order chi connectivity index (χ1) is 16.2. The molecule has 2 aromatic rings. The van der Waals surface area contributed by atoms with Crippen molar-refractivity contribution in [3.05, 3.63) is 51.0 Å². The van der Waals surface area contributed by atoms with Crippen LogP contribution in [0.5, 0.6) is 11.5 Å². The predicted molar refractivity (Wildman–Crippen MR) is 143 cm³/mol. The van der Waals surface area contributed by atoms with Gasteiger partial charge in [0.2, 0.25) is 10.0 Å². The van der Waals surface area contributed by atoms with E-state index >= 15 is 0 Å². The maximum Gasteiger partial charge on any atom is 0.243 e. The monoisotopic (exact) mass is 542 g/mol. The number of aryl methyl sites for hydroxylation is 2. The molecule has 0 fully saturated rings. The molecule has 0 spiro atoms. The van der Waals surface area contributed by atoms with Gasteiger partial charge in [-0.3, -0.25) is 4.90 Å². The molecule has 2 aliphatic rings. The minimum atomic E-state index is -3.57. The molecule has 1 heterocycles. The van der Waals surface area contributed by atoms with Gasteiger partial charge < -0.3 is 9.47 Å². The van der Waals surface area contributed by atoms with Crippen molar-refractivity contribution in [3.8, 4) is 11.5 Å². The second-order valence-corrected chi connectivity index (χ2v) is 11.5. The van der Waals surface area contributed by atoms with E-state index < -0.39 is 10.0 Å². The first kappa shape index (κ1) is 28.1. The van der Waals surface area contributed by atoms with Gasteiger partial charge in [-0.2, -0.15) is 4.31 Å². The van der Waals surface area contributed by atoms with Crippen molar-refractivity contribution in [2.45, 2.75) is 57.4 Å². The average molecular weight is 544 g/mol. The normalized spacial score (nSPS) is 17.3. The Hall–Kier alpha value is -1.51. The van der Waals surface area contributed by atoms with E-state index in [1.165, 1.54) is 16.7 Å². The second kappa shape index (κ2) is 11.3. The molecule has 2 aromatic carbocycles. The molecule has 0 amide bonds. The Bertz CT molecular complexity index is 1190. The van der Waals surface area contributed by atoms with Crippen LogP contribution in [-0.2, 0) is 22.9 Å². The number of ether oxygens (including phenoxy) is 2. The number of sulfonamides is 1. The zero-order valence-electron chi connectivity index (χ0n) is 21.2. The Kier molecular flexibility index (Phi) is 9.03. The van der Waals surface area contributed by atoms with Gasteiger partial charge in [0.05, 0.1) is 19.1 Å². The highest BCUT2D eigenvalue weighted by Crippen LogP contribution is 2.48. The van der Waals surface area contributed by atoms with Crippen LogP contribution in [0.25, 0.3) is 0 Å². The highest BCUT2D eigenvalue weighted by atomic mass is 35.5. The number of hydrogen-bond acceptors (Lipinski definition) is 5. The van der Waals surface area contributed by atoms with Crippen molar-refractivity contribution in [1.29, 1.82) is 0 Å². The molecule has 0 saturated heterocycles. The third-order valence-electron chi connectivity index (χ3n) is 7.29. The van der Waals surface area contributed by atoms with Gasteiger partial charge >= 0.3 is 0 Å². The predicted octanol–water partition coefficient (Wildman–Crippen LogP) is 5.34. The van der Waals surface area contributed by atoms with Gasteiger partial charge in [-0.15, -0.1) is 12.4 Å². The van der Waals surface area contributed by atoms with Crippen LogP contribution in [0.15, 0.2) is 23.1 Å². The fraction of sp³-hybridized carbons (Fsp3) is 0.538. The molecule has 35 heavy (non-hydrogen) atoms. The first-order valence-electron chi connectivity index (χ1n) is 12.0. The molecule has 194 valence electrons. The van der Waals surface area contributed by atoms with E-state index in [-0.39, 0.29) is 12.4 Å². The molecule has 1 atom stereocenters. The van der Waals surface area contributed by atoms with E-state index in [1.807, 2.05) is 13.8 Å². The SMILES string of the molecule is CCN(CCCN1CCc2cc(OC)c(OC)c3c2C1CC3)S(=O)(=O)c1cc(C)c(Cl)cc1C.Cl. The number of nitrogens with zero attached hydrogens (tertiary/aromatic N) is 2. The number of methoxy groups -OCH3 is 2.